The highest BCUT2D eigenvalue weighted by Crippen LogP contribution is 2.32. The number of carbonyl (C=O) groups excluding carboxylic acids is 1. The number of carbonyl (C=O) groups is 1. The number of halogens is 1. The molecule has 0 spiro atoms. The Morgan fingerprint density at radius 3 is 2.75 bits per heavy atom. The highest BCUT2D eigenvalue weighted by Gasteiger charge is 2.33. The van der Waals surface area contributed by atoms with Crippen LogP contribution < -0.4 is 11.1 Å². The summed E-state index contributed by atoms with van der Waals surface area (Å²) < 4.78 is 0. The average molecular weight is 239 g/mol. The van der Waals surface area contributed by atoms with Gasteiger partial charge in [0.05, 0.1) is 16.3 Å². The van der Waals surface area contributed by atoms with Gasteiger partial charge in [0.2, 0.25) is 0 Å². The molecule has 0 aliphatic heterocycles. The van der Waals surface area contributed by atoms with Gasteiger partial charge in [0.25, 0.3) is 5.91 Å². The van der Waals surface area contributed by atoms with E-state index in [1.54, 1.807) is 18.2 Å². The van der Waals surface area contributed by atoms with Crippen molar-refractivity contribution in [3.05, 3.63) is 28.8 Å². The molecular formula is C12H15ClN2O. The fraction of sp³-hybridized carbons (Fsp3) is 0.417. The number of para-hydroxylation sites is 1. The van der Waals surface area contributed by atoms with Crippen molar-refractivity contribution in [3.63, 3.8) is 0 Å². The number of benzene rings is 1. The summed E-state index contributed by atoms with van der Waals surface area (Å²) in [4.78, 5) is 12.0. The Bertz CT molecular complexity index is 427. The number of hydrogen-bond acceptors (Lipinski definition) is 2. The number of hydrogen-bond donors (Lipinski definition) is 2. The van der Waals surface area contributed by atoms with E-state index in [2.05, 4.69) is 12.2 Å². The first-order valence-corrected chi connectivity index (χ1v) is 5.76. The number of anilines is 1. The van der Waals surface area contributed by atoms with Gasteiger partial charge < -0.3 is 11.1 Å². The monoisotopic (exact) mass is 238 g/mol. The van der Waals surface area contributed by atoms with Crippen LogP contribution in [0, 0.1) is 0 Å². The molecule has 0 heterocycles. The molecule has 86 valence electrons. The summed E-state index contributed by atoms with van der Waals surface area (Å²) in [5, 5.41) is 3.42. The Morgan fingerprint density at radius 2 is 2.19 bits per heavy atom. The zero-order chi connectivity index (χ0) is 11.8. The summed E-state index contributed by atoms with van der Waals surface area (Å²) in [5.74, 6) is -0.137. The van der Waals surface area contributed by atoms with Crippen molar-refractivity contribution in [2.45, 2.75) is 31.7 Å². The molecule has 3 nitrogen and oxygen atoms in total. The lowest BCUT2D eigenvalue weighted by atomic mass is 9.78. The Balaban J connectivity index is 2.17. The van der Waals surface area contributed by atoms with Crippen LogP contribution in [0.2, 0.25) is 5.02 Å². The van der Waals surface area contributed by atoms with Gasteiger partial charge in [-0.05, 0) is 38.3 Å². The molecule has 16 heavy (non-hydrogen) atoms. The largest absolute Gasteiger partial charge is 0.397 e. The van der Waals surface area contributed by atoms with Crippen molar-refractivity contribution in [2.75, 3.05) is 5.73 Å². The first kappa shape index (κ1) is 11.3. The SMILES string of the molecule is CC1(NC(=O)c2cccc(Cl)c2N)CCC1. The van der Waals surface area contributed by atoms with E-state index in [4.69, 9.17) is 17.3 Å². The topological polar surface area (TPSA) is 55.1 Å². The molecule has 0 atom stereocenters. The zero-order valence-electron chi connectivity index (χ0n) is 9.22. The van der Waals surface area contributed by atoms with E-state index in [-0.39, 0.29) is 11.4 Å². The molecule has 0 aromatic heterocycles. The van der Waals surface area contributed by atoms with Gasteiger partial charge in [-0.25, -0.2) is 0 Å². The van der Waals surface area contributed by atoms with Gasteiger partial charge in [0.1, 0.15) is 0 Å². The van der Waals surface area contributed by atoms with Crippen LogP contribution in [0.3, 0.4) is 0 Å². The van der Waals surface area contributed by atoms with Gasteiger partial charge >= 0.3 is 0 Å². The van der Waals surface area contributed by atoms with Crippen molar-refractivity contribution in [1.82, 2.24) is 5.32 Å². The summed E-state index contributed by atoms with van der Waals surface area (Å²) in [6.07, 6.45) is 3.22. The summed E-state index contributed by atoms with van der Waals surface area (Å²) >= 11 is 5.87. The Kier molecular flexibility index (Phi) is 2.80. The minimum absolute atomic E-state index is 0.0636. The molecule has 1 fully saturated rings. The maximum Gasteiger partial charge on any atom is 0.253 e. The van der Waals surface area contributed by atoms with E-state index in [1.165, 1.54) is 6.42 Å². The molecule has 4 heteroatoms. The van der Waals surface area contributed by atoms with Crippen molar-refractivity contribution in [1.29, 1.82) is 0 Å². The maximum atomic E-state index is 12.0. The second kappa shape index (κ2) is 3.98. The van der Waals surface area contributed by atoms with Gasteiger partial charge in [-0.1, -0.05) is 17.7 Å². The van der Waals surface area contributed by atoms with Crippen molar-refractivity contribution in [3.8, 4) is 0 Å². The fourth-order valence-electron chi connectivity index (χ4n) is 1.91. The number of nitrogens with one attached hydrogen (secondary N) is 1. The van der Waals surface area contributed by atoms with Gasteiger partial charge in [0.15, 0.2) is 0 Å². The van der Waals surface area contributed by atoms with Crippen LogP contribution in [0.25, 0.3) is 0 Å². The Morgan fingerprint density at radius 1 is 1.50 bits per heavy atom. The van der Waals surface area contributed by atoms with E-state index in [0.29, 0.717) is 16.3 Å². The minimum atomic E-state index is -0.137. The van der Waals surface area contributed by atoms with E-state index in [1.807, 2.05) is 0 Å². The van der Waals surface area contributed by atoms with E-state index in [0.717, 1.165) is 12.8 Å². The van der Waals surface area contributed by atoms with Crippen LogP contribution in [-0.4, -0.2) is 11.4 Å². The second-order valence-electron chi connectivity index (χ2n) is 4.57. The number of nitrogen functional groups attached to an aromatic ring is 1. The van der Waals surface area contributed by atoms with Gasteiger partial charge in [-0.2, -0.15) is 0 Å². The second-order valence-corrected chi connectivity index (χ2v) is 4.98. The van der Waals surface area contributed by atoms with E-state index < -0.39 is 0 Å². The van der Waals surface area contributed by atoms with Crippen LogP contribution in [0.15, 0.2) is 18.2 Å². The van der Waals surface area contributed by atoms with Crippen molar-refractivity contribution in [2.24, 2.45) is 0 Å². The first-order valence-electron chi connectivity index (χ1n) is 5.38. The third kappa shape index (κ3) is 2.00. The zero-order valence-corrected chi connectivity index (χ0v) is 9.97. The first-order chi connectivity index (χ1) is 7.52. The lowest BCUT2D eigenvalue weighted by molar-refractivity contribution is 0.0851. The Labute approximate surface area is 100.0 Å². The number of amides is 1. The lowest BCUT2D eigenvalue weighted by Crippen LogP contribution is -2.51. The number of rotatable bonds is 2. The van der Waals surface area contributed by atoms with Gasteiger partial charge in [0, 0.05) is 5.54 Å². The molecular weight excluding hydrogens is 224 g/mol. The van der Waals surface area contributed by atoms with E-state index in [9.17, 15) is 4.79 Å². The molecule has 0 unspecified atom stereocenters. The van der Waals surface area contributed by atoms with Crippen LogP contribution in [0.4, 0.5) is 5.69 Å². The smallest absolute Gasteiger partial charge is 0.253 e. The van der Waals surface area contributed by atoms with Gasteiger partial charge in [-0.15, -0.1) is 0 Å². The van der Waals surface area contributed by atoms with E-state index >= 15 is 0 Å². The number of nitrogens with two attached hydrogens (primary N) is 1. The van der Waals surface area contributed by atoms with Crippen LogP contribution in [0.1, 0.15) is 36.5 Å². The molecule has 1 aliphatic carbocycles. The third-order valence-corrected chi connectivity index (χ3v) is 3.50. The Hall–Kier alpha value is -1.22. The molecule has 1 saturated carbocycles. The fourth-order valence-corrected chi connectivity index (χ4v) is 2.08. The molecule has 2 rings (SSSR count). The molecule has 1 aromatic rings. The van der Waals surface area contributed by atoms with Crippen LogP contribution in [-0.2, 0) is 0 Å². The maximum absolute atomic E-state index is 12.0. The summed E-state index contributed by atoms with van der Waals surface area (Å²) in [6.45, 7) is 2.05. The summed E-state index contributed by atoms with van der Waals surface area (Å²) in [5.41, 5.74) is 6.52. The normalized spacial score (nSPS) is 17.6. The summed E-state index contributed by atoms with van der Waals surface area (Å²) in [6, 6.07) is 5.11. The molecule has 0 saturated heterocycles. The molecule has 0 bridgehead atoms. The molecule has 1 aliphatic rings. The molecule has 1 aromatic carbocycles. The highest BCUT2D eigenvalue weighted by atomic mass is 35.5. The third-order valence-electron chi connectivity index (χ3n) is 3.17. The highest BCUT2D eigenvalue weighted by molar-refractivity contribution is 6.33. The molecule has 0 radical (unpaired) electrons. The van der Waals surface area contributed by atoms with Crippen molar-refractivity contribution < 1.29 is 4.79 Å². The average Bonchev–Trinajstić information content (AvgIpc) is 2.19. The standard InChI is InChI=1S/C12H15ClN2O/c1-12(6-3-7-12)15-11(16)8-4-2-5-9(13)10(8)14/h2,4-5H,3,6-7,14H2,1H3,(H,15,16). The quantitative estimate of drug-likeness (QED) is 0.779. The van der Waals surface area contributed by atoms with Crippen LogP contribution >= 0.6 is 11.6 Å². The van der Waals surface area contributed by atoms with Crippen molar-refractivity contribution >= 4 is 23.2 Å². The summed E-state index contributed by atoms with van der Waals surface area (Å²) in [7, 11) is 0. The molecule has 3 N–H and O–H groups in total. The minimum Gasteiger partial charge on any atom is -0.397 e. The lowest BCUT2D eigenvalue weighted by Gasteiger charge is -2.39. The predicted octanol–water partition coefficient (Wildman–Crippen LogP) is 2.59. The predicted molar refractivity (Wildman–Crippen MR) is 65.6 cm³/mol. The molecule has 1 amide bonds. The van der Waals surface area contributed by atoms with Crippen LogP contribution in [0.5, 0.6) is 0 Å². The van der Waals surface area contributed by atoms with Gasteiger partial charge in [-0.3, -0.25) is 4.79 Å².